The monoisotopic (exact) mass is 412 g/mol. The highest BCUT2D eigenvalue weighted by Gasteiger charge is 2.09. The molecule has 1 heterocycles. The molecule has 1 aromatic carbocycles. The second-order valence-electron chi connectivity index (χ2n) is 4.73. The second kappa shape index (κ2) is 9.29. The Kier molecular flexibility index (Phi) is 7.07. The van der Waals surface area contributed by atoms with Gasteiger partial charge in [-0.25, -0.2) is 0 Å². The Morgan fingerprint density at radius 3 is 2.42 bits per heavy atom. The molecule has 2 amide bonds. The molecule has 0 radical (unpaired) electrons. The first-order chi connectivity index (χ1) is 11.6. The van der Waals surface area contributed by atoms with E-state index in [2.05, 4.69) is 26.8 Å². The smallest absolute Gasteiger partial charge is 0.279 e. The van der Waals surface area contributed by atoms with Crippen molar-refractivity contribution in [2.24, 2.45) is 0 Å². The molecule has 1 aromatic heterocycles. The Morgan fingerprint density at radius 1 is 1.08 bits per heavy atom. The minimum atomic E-state index is -0.339. The first kappa shape index (κ1) is 18.3. The van der Waals surface area contributed by atoms with E-state index in [1.807, 2.05) is 0 Å². The first-order valence-corrected chi connectivity index (χ1v) is 8.81. The molecule has 0 aliphatic carbocycles. The van der Waals surface area contributed by atoms with Crippen LogP contribution in [-0.4, -0.2) is 25.5 Å². The lowest BCUT2D eigenvalue weighted by Crippen LogP contribution is -2.41. The van der Waals surface area contributed by atoms with Crippen LogP contribution in [0, 0.1) is 0 Å². The number of amides is 2. The molecule has 2 N–H and O–H groups in total. The normalized spacial score (nSPS) is 10.1. The molecular weight excluding hydrogens is 396 g/mol. The molecule has 0 aliphatic heterocycles. The zero-order valence-corrected chi connectivity index (χ0v) is 15.4. The van der Waals surface area contributed by atoms with Gasteiger partial charge in [-0.2, -0.15) is 0 Å². The van der Waals surface area contributed by atoms with Gasteiger partial charge in [0.05, 0.1) is 22.4 Å². The van der Waals surface area contributed by atoms with Crippen molar-refractivity contribution in [1.82, 2.24) is 10.9 Å². The number of nitrogens with one attached hydrogen (secondary N) is 2. The van der Waals surface area contributed by atoms with Crippen LogP contribution in [0.15, 0.2) is 40.2 Å². The number of benzene rings is 1. The minimum absolute atomic E-state index is 0.255. The number of halogens is 1. The van der Waals surface area contributed by atoms with E-state index in [4.69, 9.17) is 9.47 Å². The van der Waals surface area contributed by atoms with Crippen LogP contribution in [0.1, 0.15) is 22.5 Å². The predicted molar refractivity (Wildman–Crippen MR) is 95.4 cm³/mol. The molecule has 0 saturated heterocycles. The van der Waals surface area contributed by atoms with Gasteiger partial charge in [-0.15, -0.1) is 11.3 Å². The summed E-state index contributed by atoms with van der Waals surface area (Å²) in [6.45, 7) is 0.408. The Morgan fingerprint density at radius 2 is 1.79 bits per heavy atom. The zero-order chi connectivity index (χ0) is 17.4. The second-order valence-corrected chi connectivity index (χ2v) is 7.20. The lowest BCUT2D eigenvalue weighted by atomic mass is 10.3. The third kappa shape index (κ3) is 5.86. The number of rotatable bonds is 7. The molecule has 2 aromatic rings. The molecule has 0 unspecified atom stereocenters. The van der Waals surface area contributed by atoms with Gasteiger partial charge in [0.1, 0.15) is 11.5 Å². The topological polar surface area (TPSA) is 76.7 Å². The zero-order valence-electron chi connectivity index (χ0n) is 13.0. The van der Waals surface area contributed by atoms with Crippen LogP contribution in [0.25, 0.3) is 0 Å². The maximum atomic E-state index is 11.8. The standard InChI is InChI=1S/C16H17BrN2O4S/c1-22-11-4-6-12(7-5-11)23-10-2-3-15(20)18-19-16(21)13-8-9-14(17)24-13/h4-9H,2-3,10H2,1H3,(H,18,20)(H,19,21). The van der Waals surface area contributed by atoms with Crippen LogP contribution in [-0.2, 0) is 4.79 Å². The number of methoxy groups -OCH3 is 1. The molecule has 0 aliphatic rings. The number of carbonyl (C=O) groups excluding carboxylic acids is 2. The molecule has 128 valence electrons. The Labute approximate surface area is 152 Å². The Bertz CT molecular complexity index is 688. The lowest BCUT2D eigenvalue weighted by molar-refractivity contribution is -0.122. The summed E-state index contributed by atoms with van der Waals surface area (Å²) >= 11 is 4.57. The molecule has 0 fully saturated rings. The van der Waals surface area contributed by atoms with E-state index in [-0.39, 0.29) is 18.2 Å². The fourth-order valence-corrected chi connectivity index (χ4v) is 3.06. The highest BCUT2D eigenvalue weighted by molar-refractivity contribution is 9.11. The number of ether oxygens (including phenoxy) is 2. The van der Waals surface area contributed by atoms with Gasteiger partial charge in [-0.3, -0.25) is 20.4 Å². The predicted octanol–water partition coefficient (Wildman–Crippen LogP) is 3.14. The molecule has 0 saturated carbocycles. The van der Waals surface area contributed by atoms with E-state index in [9.17, 15) is 9.59 Å². The van der Waals surface area contributed by atoms with Crippen LogP contribution < -0.4 is 20.3 Å². The summed E-state index contributed by atoms with van der Waals surface area (Å²) in [5, 5.41) is 0. The fourth-order valence-electron chi connectivity index (χ4n) is 1.78. The Hall–Kier alpha value is -2.06. The third-order valence-corrected chi connectivity index (χ3v) is 4.61. The molecular formula is C16H17BrN2O4S. The Balaban J connectivity index is 1.61. The molecule has 2 rings (SSSR count). The molecule has 24 heavy (non-hydrogen) atoms. The summed E-state index contributed by atoms with van der Waals surface area (Å²) in [7, 11) is 1.60. The van der Waals surface area contributed by atoms with Gasteiger partial charge < -0.3 is 9.47 Å². The van der Waals surface area contributed by atoms with Crippen LogP contribution in [0.3, 0.4) is 0 Å². The van der Waals surface area contributed by atoms with Crippen LogP contribution in [0.5, 0.6) is 11.5 Å². The lowest BCUT2D eigenvalue weighted by Gasteiger charge is -2.08. The van der Waals surface area contributed by atoms with E-state index >= 15 is 0 Å². The maximum absolute atomic E-state index is 11.8. The van der Waals surface area contributed by atoms with Gasteiger partial charge in [0.2, 0.25) is 5.91 Å². The summed E-state index contributed by atoms with van der Waals surface area (Å²) in [5.41, 5.74) is 4.76. The van der Waals surface area contributed by atoms with Gasteiger partial charge in [-0.05, 0) is 58.7 Å². The number of thiophene rings is 1. The highest BCUT2D eigenvalue weighted by atomic mass is 79.9. The van der Waals surface area contributed by atoms with E-state index in [0.717, 1.165) is 9.54 Å². The summed E-state index contributed by atoms with van der Waals surface area (Å²) in [6.07, 6.45) is 0.794. The summed E-state index contributed by atoms with van der Waals surface area (Å²) in [6, 6.07) is 10.7. The van der Waals surface area contributed by atoms with Crippen molar-refractivity contribution in [1.29, 1.82) is 0 Å². The number of hydrazine groups is 1. The van der Waals surface area contributed by atoms with Crippen molar-refractivity contribution in [3.63, 3.8) is 0 Å². The van der Waals surface area contributed by atoms with Gasteiger partial charge in [0, 0.05) is 6.42 Å². The number of hydrogen-bond donors (Lipinski definition) is 2. The van der Waals surface area contributed by atoms with Crippen LogP contribution in [0.4, 0.5) is 0 Å². The largest absolute Gasteiger partial charge is 0.497 e. The van der Waals surface area contributed by atoms with Crippen molar-refractivity contribution in [2.75, 3.05) is 13.7 Å². The van der Waals surface area contributed by atoms with E-state index in [0.29, 0.717) is 23.7 Å². The quantitative estimate of drug-likeness (QED) is 0.540. The van der Waals surface area contributed by atoms with Crippen molar-refractivity contribution in [2.45, 2.75) is 12.8 Å². The maximum Gasteiger partial charge on any atom is 0.279 e. The average Bonchev–Trinajstić information content (AvgIpc) is 3.03. The molecule has 0 bridgehead atoms. The molecule has 6 nitrogen and oxygen atoms in total. The number of hydrogen-bond acceptors (Lipinski definition) is 5. The van der Waals surface area contributed by atoms with Gasteiger partial charge in [-0.1, -0.05) is 0 Å². The van der Waals surface area contributed by atoms with Crippen LogP contribution >= 0.6 is 27.3 Å². The summed E-state index contributed by atoms with van der Waals surface area (Å²) in [4.78, 5) is 24.0. The van der Waals surface area contributed by atoms with Gasteiger partial charge in [0.15, 0.2) is 0 Å². The molecule has 0 spiro atoms. The molecule has 8 heteroatoms. The number of carbonyl (C=O) groups is 2. The van der Waals surface area contributed by atoms with E-state index in [1.54, 1.807) is 43.5 Å². The van der Waals surface area contributed by atoms with Crippen LogP contribution in [0.2, 0.25) is 0 Å². The van der Waals surface area contributed by atoms with Crippen molar-refractivity contribution >= 4 is 39.1 Å². The first-order valence-electron chi connectivity index (χ1n) is 7.20. The third-order valence-electron chi connectivity index (χ3n) is 2.99. The van der Waals surface area contributed by atoms with Crippen molar-refractivity contribution in [3.05, 3.63) is 45.1 Å². The van der Waals surface area contributed by atoms with E-state index < -0.39 is 0 Å². The van der Waals surface area contributed by atoms with Gasteiger partial charge >= 0.3 is 0 Å². The average molecular weight is 413 g/mol. The summed E-state index contributed by atoms with van der Waals surface area (Å²) < 4.78 is 11.4. The van der Waals surface area contributed by atoms with Crippen molar-refractivity contribution in [3.8, 4) is 11.5 Å². The molecule has 0 atom stereocenters. The summed E-state index contributed by atoms with van der Waals surface area (Å²) in [5.74, 6) is 0.869. The van der Waals surface area contributed by atoms with E-state index in [1.165, 1.54) is 11.3 Å². The highest BCUT2D eigenvalue weighted by Crippen LogP contribution is 2.21. The van der Waals surface area contributed by atoms with Crippen molar-refractivity contribution < 1.29 is 19.1 Å². The minimum Gasteiger partial charge on any atom is -0.497 e. The fraction of sp³-hybridized carbons (Fsp3) is 0.250. The SMILES string of the molecule is COc1ccc(OCCCC(=O)NNC(=O)c2ccc(Br)s2)cc1. The van der Waals surface area contributed by atoms with Gasteiger partial charge in [0.25, 0.3) is 5.91 Å².